The number of carbonyl (C=O) groups is 3. The number of likely N-dealkylation sites (N-methyl/N-ethyl adjacent to an activating group) is 2. The molecule has 3 rings (SSSR count). The van der Waals surface area contributed by atoms with Gasteiger partial charge in [0.15, 0.2) is 5.01 Å². The molecule has 0 atom stereocenters. The van der Waals surface area contributed by atoms with Crippen LogP contribution in [0, 0.1) is 0 Å². The Kier molecular flexibility index (Phi) is 6.47. The van der Waals surface area contributed by atoms with Crippen LogP contribution in [0.15, 0.2) is 0 Å². The van der Waals surface area contributed by atoms with Crippen molar-refractivity contribution in [2.24, 2.45) is 0 Å². The van der Waals surface area contributed by atoms with Gasteiger partial charge in [0.25, 0.3) is 5.91 Å². The second-order valence-corrected chi connectivity index (χ2v) is 8.27. The number of carboxylic acid groups (broad SMARTS) is 1. The van der Waals surface area contributed by atoms with E-state index >= 15 is 0 Å². The Labute approximate surface area is 167 Å². The van der Waals surface area contributed by atoms with Crippen molar-refractivity contribution < 1.29 is 19.5 Å². The van der Waals surface area contributed by atoms with E-state index in [0.717, 1.165) is 48.2 Å². The third kappa shape index (κ3) is 4.97. The molecular formula is C17H26N6O4S. The average molecular weight is 411 g/mol. The van der Waals surface area contributed by atoms with Crippen LogP contribution in [0.2, 0.25) is 0 Å². The van der Waals surface area contributed by atoms with Crippen molar-refractivity contribution in [1.29, 1.82) is 0 Å². The van der Waals surface area contributed by atoms with Crippen LogP contribution in [-0.4, -0.2) is 101 Å². The van der Waals surface area contributed by atoms with Gasteiger partial charge in [-0.05, 0) is 14.1 Å². The first-order chi connectivity index (χ1) is 13.3. The predicted octanol–water partition coefficient (Wildman–Crippen LogP) is -0.0801. The van der Waals surface area contributed by atoms with Crippen LogP contribution in [0.25, 0.3) is 0 Å². The molecule has 0 aromatic carbocycles. The Morgan fingerprint density at radius 2 is 1.86 bits per heavy atom. The Morgan fingerprint density at radius 1 is 1.14 bits per heavy atom. The van der Waals surface area contributed by atoms with E-state index in [9.17, 15) is 19.5 Å². The first kappa shape index (κ1) is 20.5. The third-order valence-corrected chi connectivity index (χ3v) is 6.07. The van der Waals surface area contributed by atoms with Crippen molar-refractivity contribution in [2.75, 3.05) is 53.4 Å². The number of amides is 3. The Hall–Kier alpha value is -2.24. The first-order valence-electron chi connectivity index (χ1n) is 9.28. The summed E-state index contributed by atoms with van der Waals surface area (Å²) in [7, 11) is 4.00. The van der Waals surface area contributed by atoms with Crippen LogP contribution in [0.5, 0.6) is 0 Å². The second-order valence-electron chi connectivity index (χ2n) is 7.19. The smallest absolute Gasteiger partial charge is 0.426 e. The lowest BCUT2D eigenvalue weighted by Gasteiger charge is -2.32. The molecule has 2 aliphatic rings. The molecule has 1 saturated heterocycles. The summed E-state index contributed by atoms with van der Waals surface area (Å²) in [4.78, 5) is 47.7. The molecule has 10 nitrogen and oxygen atoms in total. The molecule has 3 heterocycles. The normalized spacial score (nSPS) is 17.9. The lowest BCUT2D eigenvalue weighted by atomic mass is 10.2. The van der Waals surface area contributed by atoms with Crippen molar-refractivity contribution in [1.82, 2.24) is 30.1 Å². The maximum Gasteiger partial charge on any atom is 0.426 e. The number of carbonyl (C=O) groups excluding carboxylic acids is 2. The number of fused-ring (bicyclic) bond motifs is 1. The highest BCUT2D eigenvalue weighted by Crippen LogP contribution is 2.24. The summed E-state index contributed by atoms with van der Waals surface area (Å²) in [6.07, 6.45) is -0.506. The summed E-state index contributed by atoms with van der Waals surface area (Å²) in [5.74, 6) is -0.669. The minimum atomic E-state index is -1.31. The van der Waals surface area contributed by atoms with Gasteiger partial charge in [-0.3, -0.25) is 15.0 Å². The largest absolute Gasteiger partial charge is 0.464 e. The lowest BCUT2D eigenvalue weighted by Crippen LogP contribution is -2.50. The van der Waals surface area contributed by atoms with Gasteiger partial charge in [-0.15, -0.1) is 11.3 Å². The zero-order chi connectivity index (χ0) is 20.3. The quantitative estimate of drug-likeness (QED) is 0.668. The van der Waals surface area contributed by atoms with E-state index in [1.165, 1.54) is 11.3 Å². The zero-order valence-electron chi connectivity index (χ0n) is 16.2. The van der Waals surface area contributed by atoms with Crippen LogP contribution in [0.1, 0.15) is 26.8 Å². The molecule has 154 valence electrons. The molecule has 1 fully saturated rings. The number of hydrogen-bond donors (Lipinski definition) is 2. The molecule has 0 bridgehead atoms. The molecule has 11 heteroatoms. The van der Waals surface area contributed by atoms with Crippen molar-refractivity contribution in [3.63, 3.8) is 0 Å². The molecule has 1 aromatic rings. The molecule has 3 amide bonds. The lowest BCUT2D eigenvalue weighted by molar-refractivity contribution is -0.133. The van der Waals surface area contributed by atoms with E-state index in [4.69, 9.17) is 0 Å². The molecule has 0 unspecified atom stereocenters. The Morgan fingerprint density at radius 3 is 2.54 bits per heavy atom. The monoisotopic (exact) mass is 410 g/mol. The van der Waals surface area contributed by atoms with Crippen LogP contribution < -0.4 is 5.43 Å². The van der Waals surface area contributed by atoms with Gasteiger partial charge >= 0.3 is 6.09 Å². The van der Waals surface area contributed by atoms with Gasteiger partial charge < -0.3 is 19.8 Å². The molecule has 0 aliphatic carbocycles. The van der Waals surface area contributed by atoms with Crippen molar-refractivity contribution in [2.45, 2.75) is 19.4 Å². The molecule has 0 spiro atoms. The van der Waals surface area contributed by atoms with Gasteiger partial charge in [0.05, 0.1) is 12.2 Å². The second kappa shape index (κ2) is 8.84. The maximum atomic E-state index is 12.5. The van der Waals surface area contributed by atoms with Crippen molar-refractivity contribution in [3.05, 3.63) is 15.6 Å². The standard InChI is InChI=1S/C17H26N6O4S/c1-20-7-9-22(10-8-20)14(24)4-6-23(17(26)27)19-15(25)16-18-12-3-5-21(2)11-13(12)28-16/h3-11H2,1-2H3,(H,19,25)(H,26,27). The van der Waals surface area contributed by atoms with Gasteiger partial charge in [0, 0.05) is 57.0 Å². The highest BCUT2D eigenvalue weighted by molar-refractivity contribution is 7.13. The van der Waals surface area contributed by atoms with E-state index in [0.29, 0.717) is 13.1 Å². The van der Waals surface area contributed by atoms with Gasteiger partial charge in [0.2, 0.25) is 5.91 Å². The van der Waals surface area contributed by atoms with Crippen LogP contribution in [-0.2, 0) is 17.8 Å². The van der Waals surface area contributed by atoms with Crippen LogP contribution in [0.4, 0.5) is 4.79 Å². The molecule has 28 heavy (non-hydrogen) atoms. The molecule has 2 aliphatic heterocycles. The fraction of sp³-hybridized carbons (Fsp3) is 0.647. The fourth-order valence-corrected chi connectivity index (χ4v) is 4.29. The molecule has 2 N–H and O–H groups in total. The molecular weight excluding hydrogens is 384 g/mol. The topological polar surface area (TPSA) is 109 Å². The summed E-state index contributed by atoms with van der Waals surface area (Å²) >= 11 is 1.28. The first-order valence-corrected chi connectivity index (χ1v) is 10.1. The summed E-state index contributed by atoms with van der Waals surface area (Å²) < 4.78 is 0. The van der Waals surface area contributed by atoms with Gasteiger partial charge in [0.1, 0.15) is 0 Å². The minimum absolute atomic E-state index is 0.0233. The summed E-state index contributed by atoms with van der Waals surface area (Å²) in [5.41, 5.74) is 3.27. The number of rotatable bonds is 4. The molecule has 0 saturated carbocycles. The highest BCUT2D eigenvalue weighted by Gasteiger charge is 2.25. The number of piperazine rings is 1. The van der Waals surface area contributed by atoms with E-state index in [1.54, 1.807) is 4.90 Å². The Balaban J connectivity index is 1.55. The van der Waals surface area contributed by atoms with Gasteiger partial charge in [-0.25, -0.2) is 14.8 Å². The fourth-order valence-electron chi connectivity index (χ4n) is 3.21. The van der Waals surface area contributed by atoms with Gasteiger partial charge in [-0.2, -0.15) is 0 Å². The average Bonchev–Trinajstić information content (AvgIpc) is 3.08. The number of hydrazine groups is 1. The third-order valence-electron chi connectivity index (χ3n) is 4.99. The molecule has 0 radical (unpaired) electrons. The van der Waals surface area contributed by atoms with Crippen molar-refractivity contribution >= 4 is 29.2 Å². The predicted molar refractivity (Wildman–Crippen MR) is 103 cm³/mol. The summed E-state index contributed by atoms with van der Waals surface area (Å²) in [6.45, 7) is 4.39. The highest BCUT2D eigenvalue weighted by atomic mass is 32.1. The maximum absolute atomic E-state index is 12.5. The summed E-state index contributed by atoms with van der Waals surface area (Å²) in [5, 5.41) is 10.4. The SMILES string of the molecule is CN1CCN(C(=O)CCN(NC(=O)c2nc3c(s2)CN(C)CC3)C(=O)O)CC1. The molecule has 1 aromatic heterocycles. The summed E-state index contributed by atoms with van der Waals surface area (Å²) in [6, 6.07) is 0. The van der Waals surface area contributed by atoms with Gasteiger partial charge in [-0.1, -0.05) is 0 Å². The van der Waals surface area contributed by atoms with E-state index < -0.39 is 12.0 Å². The number of aromatic nitrogens is 1. The van der Waals surface area contributed by atoms with E-state index in [-0.39, 0.29) is 23.9 Å². The van der Waals surface area contributed by atoms with E-state index in [1.807, 2.05) is 14.1 Å². The number of nitrogens with zero attached hydrogens (tertiary/aromatic N) is 5. The van der Waals surface area contributed by atoms with Crippen LogP contribution >= 0.6 is 11.3 Å². The van der Waals surface area contributed by atoms with Crippen LogP contribution in [0.3, 0.4) is 0 Å². The van der Waals surface area contributed by atoms with E-state index in [2.05, 4.69) is 20.2 Å². The zero-order valence-corrected chi connectivity index (χ0v) is 17.0. The van der Waals surface area contributed by atoms with Crippen molar-refractivity contribution in [3.8, 4) is 0 Å². The minimum Gasteiger partial charge on any atom is -0.464 e. The Bertz CT molecular complexity index is 746. The number of thiazole rings is 1. The number of nitrogens with one attached hydrogen (secondary N) is 1. The number of hydrogen-bond acceptors (Lipinski definition) is 7.